The van der Waals surface area contributed by atoms with Crippen molar-refractivity contribution in [2.24, 2.45) is 0 Å². The standard InChI is InChI=1S/C29H21Cl3N4O3S/c30-20-7-6-19(24(32)15-20)14-25(35-28(38)18-4-2-1-3-5-18)29(39)34-22-9-11-23(12-10-22)40-17-27(37)36-26-13-8-21(31)16-33-26/h1-16H,17H2,(H,34,39)(H,35,38)(H,33,36,37)/b25-14-. The first kappa shape index (κ1) is 29.2. The van der Waals surface area contributed by atoms with Crippen LogP contribution in [0.5, 0.6) is 0 Å². The van der Waals surface area contributed by atoms with Gasteiger partial charge in [0.2, 0.25) is 5.91 Å². The number of rotatable bonds is 9. The van der Waals surface area contributed by atoms with Gasteiger partial charge in [-0.05, 0) is 72.3 Å². The highest BCUT2D eigenvalue weighted by atomic mass is 35.5. The van der Waals surface area contributed by atoms with E-state index in [1.807, 2.05) is 0 Å². The number of halogens is 3. The van der Waals surface area contributed by atoms with Crippen LogP contribution in [0.2, 0.25) is 15.1 Å². The number of nitrogens with one attached hydrogen (secondary N) is 3. The summed E-state index contributed by atoms with van der Waals surface area (Å²) in [4.78, 5) is 43.1. The van der Waals surface area contributed by atoms with E-state index in [1.165, 1.54) is 24.0 Å². The Hall–Kier alpha value is -3.82. The van der Waals surface area contributed by atoms with Crippen LogP contribution < -0.4 is 16.0 Å². The summed E-state index contributed by atoms with van der Waals surface area (Å²) in [6, 6.07) is 23.6. The third-order valence-corrected chi connectivity index (χ3v) is 7.07. The minimum absolute atomic E-state index is 0.0102. The fourth-order valence-electron chi connectivity index (χ4n) is 3.33. The minimum Gasteiger partial charge on any atom is -0.321 e. The van der Waals surface area contributed by atoms with Crippen molar-refractivity contribution in [1.29, 1.82) is 0 Å². The van der Waals surface area contributed by atoms with Gasteiger partial charge in [-0.15, -0.1) is 11.8 Å². The zero-order valence-electron chi connectivity index (χ0n) is 20.7. The molecule has 11 heteroatoms. The van der Waals surface area contributed by atoms with Crippen molar-refractivity contribution in [2.45, 2.75) is 4.90 Å². The molecule has 4 aromatic rings. The first-order valence-corrected chi connectivity index (χ1v) is 13.9. The Morgan fingerprint density at radius 3 is 2.23 bits per heavy atom. The molecule has 3 amide bonds. The van der Waals surface area contributed by atoms with Crippen LogP contribution in [0.4, 0.5) is 11.5 Å². The molecule has 0 spiro atoms. The quantitative estimate of drug-likeness (QED) is 0.137. The number of thioether (sulfide) groups is 1. The fraction of sp³-hybridized carbons (Fsp3) is 0.0345. The Morgan fingerprint density at radius 1 is 0.825 bits per heavy atom. The summed E-state index contributed by atoms with van der Waals surface area (Å²) in [6.07, 6.45) is 2.93. The van der Waals surface area contributed by atoms with E-state index in [4.69, 9.17) is 34.8 Å². The highest BCUT2D eigenvalue weighted by Crippen LogP contribution is 2.24. The molecule has 202 valence electrons. The number of aromatic nitrogens is 1. The van der Waals surface area contributed by atoms with E-state index in [2.05, 4.69) is 20.9 Å². The van der Waals surface area contributed by atoms with Crippen LogP contribution in [0.15, 0.2) is 102 Å². The van der Waals surface area contributed by atoms with E-state index in [1.54, 1.807) is 84.9 Å². The van der Waals surface area contributed by atoms with Crippen molar-refractivity contribution < 1.29 is 14.4 Å². The highest BCUT2D eigenvalue weighted by molar-refractivity contribution is 8.00. The molecular weight excluding hydrogens is 591 g/mol. The van der Waals surface area contributed by atoms with Gasteiger partial charge in [-0.2, -0.15) is 0 Å². The lowest BCUT2D eigenvalue weighted by Gasteiger charge is -2.12. The summed E-state index contributed by atoms with van der Waals surface area (Å²) < 4.78 is 0. The maximum atomic E-state index is 13.2. The van der Waals surface area contributed by atoms with Crippen molar-refractivity contribution in [3.8, 4) is 0 Å². The van der Waals surface area contributed by atoms with Crippen molar-refractivity contribution in [3.05, 3.63) is 123 Å². The van der Waals surface area contributed by atoms with Crippen LogP contribution in [0.3, 0.4) is 0 Å². The number of pyridine rings is 1. The van der Waals surface area contributed by atoms with Gasteiger partial charge in [-0.25, -0.2) is 4.98 Å². The van der Waals surface area contributed by atoms with Gasteiger partial charge in [0.1, 0.15) is 11.5 Å². The van der Waals surface area contributed by atoms with Crippen LogP contribution in [0.25, 0.3) is 6.08 Å². The van der Waals surface area contributed by atoms with E-state index >= 15 is 0 Å². The van der Waals surface area contributed by atoms with E-state index in [-0.39, 0.29) is 17.4 Å². The average molecular weight is 612 g/mol. The van der Waals surface area contributed by atoms with Gasteiger partial charge < -0.3 is 16.0 Å². The molecule has 1 aromatic heterocycles. The second-order valence-electron chi connectivity index (χ2n) is 8.22. The maximum Gasteiger partial charge on any atom is 0.272 e. The van der Waals surface area contributed by atoms with Gasteiger partial charge in [-0.3, -0.25) is 14.4 Å². The lowest BCUT2D eigenvalue weighted by Crippen LogP contribution is -2.30. The lowest BCUT2D eigenvalue weighted by molar-refractivity contribution is -0.114. The number of anilines is 2. The van der Waals surface area contributed by atoms with E-state index < -0.39 is 11.8 Å². The van der Waals surface area contributed by atoms with E-state index in [0.717, 1.165) is 4.90 Å². The van der Waals surface area contributed by atoms with Gasteiger partial charge in [0, 0.05) is 32.4 Å². The summed E-state index contributed by atoms with van der Waals surface area (Å²) in [5, 5.41) is 9.40. The first-order valence-electron chi connectivity index (χ1n) is 11.8. The molecule has 3 aromatic carbocycles. The zero-order valence-corrected chi connectivity index (χ0v) is 23.7. The normalized spacial score (nSPS) is 11.0. The summed E-state index contributed by atoms with van der Waals surface area (Å²) >= 11 is 19.4. The number of amides is 3. The minimum atomic E-state index is -0.550. The van der Waals surface area contributed by atoms with Crippen LogP contribution in [0, 0.1) is 0 Å². The average Bonchev–Trinajstić information content (AvgIpc) is 2.95. The predicted molar refractivity (Wildman–Crippen MR) is 162 cm³/mol. The van der Waals surface area contributed by atoms with Gasteiger partial charge in [0.05, 0.1) is 10.8 Å². The molecule has 40 heavy (non-hydrogen) atoms. The molecule has 7 nitrogen and oxygen atoms in total. The third kappa shape index (κ3) is 8.59. The second kappa shape index (κ2) is 14.0. The number of carbonyl (C=O) groups is 3. The highest BCUT2D eigenvalue weighted by Gasteiger charge is 2.16. The molecule has 0 atom stereocenters. The molecular formula is C29H21Cl3N4O3S. The maximum absolute atomic E-state index is 13.2. The van der Waals surface area contributed by atoms with Crippen molar-refractivity contribution >= 4 is 81.9 Å². The molecule has 4 rings (SSSR count). The molecule has 0 aliphatic rings. The van der Waals surface area contributed by atoms with E-state index in [9.17, 15) is 14.4 Å². The zero-order chi connectivity index (χ0) is 28.5. The lowest BCUT2D eigenvalue weighted by atomic mass is 10.1. The number of benzene rings is 3. The Kier molecular flexibility index (Phi) is 10.2. The molecule has 0 saturated carbocycles. The Balaban J connectivity index is 1.42. The Bertz CT molecular complexity index is 1550. The molecule has 0 bridgehead atoms. The monoisotopic (exact) mass is 610 g/mol. The number of hydrogen-bond donors (Lipinski definition) is 3. The SMILES string of the molecule is O=C(CSc1ccc(NC(=O)/C(=C/c2ccc(Cl)cc2Cl)NC(=O)c2ccccc2)cc1)Nc1ccc(Cl)cn1. The van der Waals surface area contributed by atoms with Gasteiger partial charge >= 0.3 is 0 Å². The van der Waals surface area contributed by atoms with Crippen LogP contribution >= 0.6 is 46.6 Å². The smallest absolute Gasteiger partial charge is 0.272 e. The molecule has 0 radical (unpaired) electrons. The topological polar surface area (TPSA) is 100 Å². The number of hydrogen-bond acceptors (Lipinski definition) is 5. The summed E-state index contributed by atoms with van der Waals surface area (Å²) in [5.74, 6) is -0.648. The molecule has 0 aliphatic carbocycles. The predicted octanol–water partition coefficient (Wildman–Crippen LogP) is 7.18. The van der Waals surface area contributed by atoms with Crippen molar-refractivity contribution in [1.82, 2.24) is 10.3 Å². The number of carbonyl (C=O) groups excluding carboxylic acids is 3. The van der Waals surface area contributed by atoms with Crippen LogP contribution in [0.1, 0.15) is 15.9 Å². The number of nitrogens with zero attached hydrogens (tertiary/aromatic N) is 1. The summed E-state index contributed by atoms with van der Waals surface area (Å²) in [7, 11) is 0. The van der Waals surface area contributed by atoms with Crippen molar-refractivity contribution in [2.75, 3.05) is 16.4 Å². The van der Waals surface area contributed by atoms with E-state index in [0.29, 0.717) is 37.7 Å². The van der Waals surface area contributed by atoms with Gasteiger partial charge in [-0.1, -0.05) is 59.1 Å². The second-order valence-corrected chi connectivity index (χ2v) is 10.5. The molecule has 0 aliphatic heterocycles. The molecule has 0 saturated heterocycles. The third-order valence-electron chi connectivity index (χ3n) is 5.27. The fourth-order valence-corrected chi connectivity index (χ4v) is 4.60. The molecule has 0 fully saturated rings. The van der Waals surface area contributed by atoms with Crippen molar-refractivity contribution in [3.63, 3.8) is 0 Å². The van der Waals surface area contributed by atoms with Gasteiger partial charge in [0.15, 0.2) is 0 Å². The summed E-state index contributed by atoms with van der Waals surface area (Å²) in [5.41, 5.74) is 1.37. The Morgan fingerprint density at radius 2 is 1.55 bits per heavy atom. The molecule has 0 unspecified atom stereocenters. The van der Waals surface area contributed by atoms with Crippen LogP contribution in [-0.4, -0.2) is 28.5 Å². The summed E-state index contributed by atoms with van der Waals surface area (Å²) in [6.45, 7) is 0. The first-order chi connectivity index (χ1) is 19.3. The van der Waals surface area contributed by atoms with Crippen LogP contribution in [-0.2, 0) is 9.59 Å². The molecule has 3 N–H and O–H groups in total. The molecule has 1 heterocycles. The van der Waals surface area contributed by atoms with Gasteiger partial charge in [0.25, 0.3) is 11.8 Å². The Labute approximate surface area is 249 Å². The largest absolute Gasteiger partial charge is 0.321 e.